The maximum absolute atomic E-state index is 11.0. The van der Waals surface area contributed by atoms with Gasteiger partial charge < -0.3 is 14.3 Å². The lowest BCUT2D eigenvalue weighted by Crippen LogP contribution is -1.96. The molecule has 0 saturated heterocycles. The van der Waals surface area contributed by atoms with Crippen molar-refractivity contribution in [3.8, 4) is 5.75 Å². The summed E-state index contributed by atoms with van der Waals surface area (Å²) in [4.78, 5) is 12.8. The minimum Gasteiger partial charge on any atom is -0.489 e. The Kier molecular flexibility index (Phi) is 5.58. The predicted octanol–water partition coefficient (Wildman–Crippen LogP) is 4.62. The van der Waals surface area contributed by atoms with Crippen LogP contribution in [0, 0.1) is 6.92 Å². The highest BCUT2D eigenvalue weighted by molar-refractivity contribution is 7.99. The molecule has 1 heterocycles. The van der Waals surface area contributed by atoms with Crippen molar-refractivity contribution in [3.63, 3.8) is 0 Å². The van der Waals surface area contributed by atoms with Crippen LogP contribution in [0.3, 0.4) is 0 Å². The summed E-state index contributed by atoms with van der Waals surface area (Å²) in [7, 11) is 0. The van der Waals surface area contributed by atoms with E-state index in [-0.39, 0.29) is 6.61 Å². The molecule has 1 aromatic heterocycles. The number of hydrogen-bond acceptors (Lipinski definition) is 5. The molecule has 0 saturated carbocycles. The third-order valence-electron chi connectivity index (χ3n) is 3.59. The summed E-state index contributed by atoms with van der Waals surface area (Å²) in [6.45, 7) is 2.28. The fourth-order valence-electron chi connectivity index (χ4n) is 2.39. The highest BCUT2D eigenvalue weighted by atomic mass is 32.2. The maximum Gasteiger partial charge on any atom is 0.186 e. The van der Waals surface area contributed by atoms with Crippen LogP contribution in [0.1, 0.15) is 27.4 Å². The second-order valence-corrected chi connectivity index (χ2v) is 6.66. The third kappa shape index (κ3) is 4.53. The molecule has 128 valence electrons. The summed E-state index contributed by atoms with van der Waals surface area (Å²) in [5.74, 6) is 1.83. The van der Waals surface area contributed by atoms with Gasteiger partial charge >= 0.3 is 0 Å². The normalized spacial score (nSPS) is 10.6. The van der Waals surface area contributed by atoms with Crippen LogP contribution in [0.4, 0.5) is 0 Å². The van der Waals surface area contributed by atoms with Gasteiger partial charge in [0.15, 0.2) is 12.0 Å². The quantitative estimate of drug-likeness (QED) is 0.627. The summed E-state index contributed by atoms with van der Waals surface area (Å²) < 4.78 is 11.1. The van der Waals surface area contributed by atoms with E-state index >= 15 is 0 Å². The van der Waals surface area contributed by atoms with E-state index in [1.807, 2.05) is 61.5 Å². The van der Waals surface area contributed by atoms with Gasteiger partial charge in [0.2, 0.25) is 0 Å². The molecule has 0 aliphatic carbocycles. The number of aliphatic hydroxyl groups excluding tert-OH is 1. The van der Waals surface area contributed by atoms with E-state index in [1.165, 1.54) is 11.8 Å². The van der Waals surface area contributed by atoms with Crippen molar-refractivity contribution < 1.29 is 19.1 Å². The molecule has 0 fully saturated rings. The monoisotopic (exact) mass is 354 g/mol. The van der Waals surface area contributed by atoms with Gasteiger partial charge in [-0.15, -0.1) is 0 Å². The van der Waals surface area contributed by atoms with Gasteiger partial charge in [-0.2, -0.15) is 0 Å². The highest BCUT2D eigenvalue weighted by Crippen LogP contribution is 2.33. The van der Waals surface area contributed by atoms with Gasteiger partial charge in [0.25, 0.3) is 0 Å². The first-order chi connectivity index (χ1) is 12.2. The number of aryl methyl sites for hydroxylation is 1. The molecule has 0 bridgehead atoms. The second-order valence-electron chi connectivity index (χ2n) is 5.54. The van der Waals surface area contributed by atoms with E-state index in [2.05, 4.69) is 0 Å². The number of furan rings is 1. The second kappa shape index (κ2) is 8.05. The van der Waals surface area contributed by atoms with Gasteiger partial charge in [0, 0.05) is 4.90 Å². The Balaban J connectivity index is 1.62. The number of rotatable bonds is 7. The van der Waals surface area contributed by atoms with Crippen LogP contribution < -0.4 is 4.74 Å². The molecule has 3 rings (SSSR count). The van der Waals surface area contributed by atoms with Gasteiger partial charge in [-0.1, -0.05) is 36.0 Å². The first kappa shape index (κ1) is 17.3. The molecule has 0 atom stereocenters. The molecule has 0 radical (unpaired) electrons. The average Bonchev–Trinajstić information content (AvgIpc) is 3.00. The van der Waals surface area contributed by atoms with Gasteiger partial charge in [-0.05, 0) is 48.4 Å². The Morgan fingerprint density at radius 3 is 2.60 bits per heavy atom. The van der Waals surface area contributed by atoms with E-state index in [9.17, 15) is 4.79 Å². The number of aliphatic hydroxyl groups is 1. The van der Waals surface area contributed by atoms with Gasteiger partial charge in [-0.3, -0.25) is 4.79 Å². The number of hydrogen-bond donors (Lipinski definition) is 1. The third-order valence-corrected chi connectivity index (χ3v) is 4.63. The summed E-state index contributed by atoms with van der Waals surface area (Å²) in [6.07, 6.45) is 0.729. The molecule has 1 N–H and O–H groups in total. The lowest BCUT2D eigenvalue weighted by molar-refractivity contribution is 0.109. The summed E-state index contributed by atoms with van der Waals surface area (Å²) in [5.41, 5.74) is 1.88. The van der Waals surface area contributed by atoms with Crippen LogP contribution in [0.5, 0.6) is 5.75 Å². The molecule has 0 unspecified atom stereocenters. The SMILES string of the molecule is Cc1cc(Sc2ccc(OCc3cccc(CO)c3)cc2)c(C=O)o1. The topological polar surface area (TPSA) is 59.7 Å². The smallest absolute Gasteiger partial charge is 0.186 e. The Morgan fingerprint density at radius 1 is 1.12 bits per heavy atom. The van der Waals surface area contributed by atoms with Crippen molar-refractivity contribution in [2.75, 3.05) is 0 Å². The van der Waals surface area contributed by atoms with Gasteiger partial charge in [-0.25, -0.2) is 0 Å². The Morgan fingerprint density at radius 2 is 1.88 bits per heavy atom. The van der Waals surface area contributed by atoms with Crippen molar-refractivity contribution >= 4 is 18.0 Å². The standard InChI is InChI=1S/C20H18O4S/c1-14-9-20(19(12-22)24-14)25-18-7-5-17(6-8-18)23-13-16-4-2-3-15(10-16)11-21/h2-10,12,21H,11,13H2,1H3. The van der Waals surface area contributed by atoms with Gasteiger partial charge in [0.1, 0.15) is 18.1 Å². The zero-order valence-electron chi connectivity index (χ0n) is 13.8. The molecule has 0 aliphatic heterocycles. The van der Waals surface area contributed by atoms with Crippen LogP contribution in [0.25, 0.3) is 0 Å². The summed E-state index contributed by atoms with van der Waals surface area (Å²) in [5, 5.41) is 9.17. The van der Waals surface area contributed by atoms with E-state index < -0.39 is 0 Å². The molecule has 4 nitrogen and oxygen atoms in total. The van der Waals surface area contributed by atoms with Crippen LogP contribution in [0.2, 0.25) is 0 Å². The molecule has 2 aromatic carbocycles. The first-order valence-electron chi connectivity index (χ1n) is 7.83. The van der Waals surface area contributed by atoms with Crippen molar-refractivity contribution in [2.24, 2.45) is 0 Å². The lowest BCUT2D eigenvalue weighted by Gasteiger charge is -2.08. The van der Waals surface area contributed by atoms with Crippen LogP contribution in [-0.4, -0.2) is 11.4 Å². The highest BCUT2D eigenvalue weighted by Gasteiger charge is 2.10. The molecule has 0 aliphatic rings. The van der Waals surface area contributed by atoms with Crippen molar-refractivity contribution in [1.29, 1.82) is 0 Å². The number of benzene rings is 2. The van der Waals surface area contributed by atoms with E-state index in [0.717, 1.165) is 38.7 Å². The summed E-state index contributed by atoms with van der Waals surface area (Å²) in [6, 6.07) is 17.2. The Labute approximate surface area is 150 Å². The molecular formula is C20H18O4S. The van der Waals surface area contributed by atoms with Crippen molar-refractivity contribution in [3.05, 3.63) is 77.2 Å². The lowest BCUT2D eigenvalue weighted by atomic mass is 10.1. The number of carbonyl (C=O) groups is 1. The Hall–Kier alpha value is -2.50. The van der Waals surface area contributed by atoms with Crippen LogP contribution >= 0.6 is 11.8 Å². The van der Waals surface area contributed by atoms with Crippen LogP contribution in [0.15, 0.2) is 68.8 Å². The first-order valence-corrected chi connectivity index (χ1v) is 8.64. The number of aldehydes is 1. The fraction of sp³-hybridized carbons (Fsp3) is 0.150. The van der Waals surface area contributed by atoms with Gasteiger partial charge in [0.05, 0.1) is 11.5 Å². The summed E-state index contributed by atoms with van der Waals surface area (Å²) >= 11 is 1.48. The van der Waals surface area contributed by atoms with E-state index in [4.69, 9.17) is 14.3 Å². The molecule has 0 amide bonds. The number of carbonyl (C=O) groups excluding carboxylic acids is 1. The van der Waals surface area contributed by atoms with E-state index in [1.54, 1.807) is 0 Å². The maximum atomic E-state index is 11.0. The van der Waals surface area contributed by atoms with Crippen molar-refractivity contribution in [2.45, 2.75) is 29.9 Å². The van der Waals surface area contributed by atoms with Crippen molar-refractivity contribution in [1.82, 2.24) is 0 Å². The molecule has 0 spiro atoms. The minimum absolute atomic E-state index is 0.0238. The average molecular weight is 354 g/mol. The van der Waals surface area contributed by atoms with Crippen LogP contribution in [-0.2, 0) is 13.2 Å². The predicted molar refractivity (Wildman–Crippen MR) is 96.1 cm³/mol. The minimum atomic E-state index is 0.0238. The molecule has 3 aromatic rings. The largest absolute Gasteiger partial charge is 0.489 e. The van der Waals surface area contributed by atoms with E-state index in [0.29, 0.717) is 12.4 Å². The zero-order valence-corrected chi connectivity index (χ0v) is 14.6. The fourth-order valence-corrected chi connectivity index (χ4v) is 3.33. The number of ether oxygens (including phenoxy) is 1. The molecule has 5 heteroatoms. The zero-order chi connectivity index (χ0) is 17.6. The molecule has 25 heavy (non-hydrogen) atoms. The Bertz CT molecular complexity index is 852. The molecular weight excluding hydrogens is 336 g/mol.